The van der Waals surface area contributed by atoms with Crippen LogP contribution in [0.25, 0.3) is 11.1 Å². The van der Waals surface area contributed by atoms with Crippen LogP contribution >= 0.6 is 0 Å². The third-order valence-electron chi connectivity index (χ3n) is 3.10. The van der Waals surface area contributed by atoms with Crippen molar-refractivity contribution in [1.29, 1.82) is 0 Å². The fourth-order valence-electron chi connectivity index (χ4n) is 2.00. The normalized spacial score (nSPS) is 10.0. The molecule has 0 bridgehead atoms. The molecule has 0 heterocycles. The van der Waals surface area contributed by atoms with Crippen LogP contribution in [0.5, 0.6) is 11.5 Å². The van der Waals surface area contributed by atoms with Crippen LogP contribution in [0.2, 0.25) is 0 Å². The van der Waals surface area contributed by atoms with E-state index in [0.29, 0.717) is 0 Å². The molecule has 0 aromatic heterocycles. The summed E-state index contributed by atoms with van der Waals surface area (Å²) in [4.78, 5) is 22.5. The summed E-state index contributed by atoms with van der Waals surface area (Å²) in [5, 5.41) is 0. The average Bonchev–Trinajstić information content (AvgIpc) is 2.56. The van der Waals surface area contributed by atoms with Gasteiger partial charge < -0.3 is 9.47 Å². The number of carbonyl (C=O) groups is 2. The van der Waals surface area contributed by atoms with Gasteiger partial charge in [-0.1, -0.05) is 12.7 Å². The number of hydrogen-bond donors (Lipinski definition) is 0. The predicted octanol–water partition coefficient (Wildman–Crippen LogP) is 4.20. The molecule has 0 saturated carbocycles. The Kier molecular flexibility index (Phi) is 5.79. The predicted molar refractivity (Wildman–Crippen MR) is 88.1 cm³/mol. The van der Waals surface area contributed by atoms with Crippen molar-refractivity contribution in [2.75, 3.05) is 0 Å². The third-order valence-corrected chi connectivity index (χ3v) is 3.10. The maximum atomic E-state index is 14.2. The Morgan fingerprint density at radius 1 is 0.920 bits per heavy atom. The van der Waals surface area contributed by atoms with Gasteiger partial charge in [0, 0.05) is 29.3 Å². The average molecular weight is 344 g/mol. The number of hydrogen-bond acceptors (Lipinski definition) is 4. The first kappa shape index (κ1) is 18.1. The van der Waals surface area contributed by atoms with Crippen LogP contribution in [-0.2, 0) is 9.59 Å². The van der Waals surface area contributed by atoms with E-state index in [1.165, 1.54) is 30.3 Å². The number of benzene rings is 2. The molecule has 25 heavy (non-hydrogen) atoms. The van der Waals surface area contributed by atoms with Crippen molar-refractivity contribution in [2.24, 2.45) is 0 Å². The number of halogens is 2. The monoisotopic (exact) mass is 344 g/mol. The van der Waals surface area contributed by atoms with Gasteiger partial charge in [0.15, 0.2) is 0 Å². The van der Waals surface area contributed by atoms with Crippen molar-refractivity contribution in [2.45, 2.75) is 6.42 Å². The van der Waals surface area contributed by atoms with Gasteiger partial charge in [-0.2, -0.15) is 0 Å². The maximum Gasteiger partial charge on any atom is 0.335 e. The number of esters is 2. The van der Waals surface area contributed by atoms with Crippen LogP contribution in [0.3, 0.4) is 0 Å². The van der Waals surface area contributed by atoms with E-state index in [9.17, 15) is 18.4 Å². The molecular weight excluding hydrogens is 330 g/mol. The molecule has 0 aliphatic carbocycles. The third kappa shape index (κ3) is 4.60. The van der Waals surface area contributed by atoms with Crippen molar-refractivity contribution in [1.82, 2.24) is 0 Å². The van der Waals surface area contributed by atoms with E-state index < -0.39 is 23.6 Å². The second-order valence-corrected chi connectivity index (χ2v) is 4.88. The Balaban J connectivity index is 2.26. The lowest BCUT2D eigenvalue weighted by Gasteiger charge is -2.09. The first-order valence-electron chi connectivity index (χ1n) is 7.20. The maximum absolute atomic E-state index is 14.2. The van der Waals surface area contributed by atoms with Crippen LogP contribution in [0.1, 0.15) is 6.42 Å². The van der Waals surface area contributed by atoms with Crippen LogP contribution in [-0.4, -0.2) is 11.9 Å². The molecule has 4 nitrogen and oxygen atoms in total. The number of ether oxygens (including phenoxy) is 2. The Morgan fingerprint density at radius 3 is 1.88 bits per heavy atom. The number of carbonyl (C=O) groups excluding carboxylic acids is 2. The summed E-state index contributed by atoms with van der Waals surface area (Å²) in [6, 6.07) is 7.21. The van der Waals surface area contributed by atoms with E-state index in [1.807, 2.05) is 0 Å². The number of rotatable bonds is 6. The summed E-state index contributed by atoms with van der Waals surface area (Å²) in [5.74, 6) is -2.87. The van der Waals surface area contributed by atoms with Crippen molar-refractivity contribution in [3.63, 3.8) is 0 Å². The van der Waals surface area contributed by atoms with Crippen LogP contribution in [0.4, 0.5) is 8.78 Å². The molecule has 0 saturated heterocycles. The summed E-state index contributed by atoms with van der Waals surface area (Å²) in [5.41, 5.74) is -0.0533. The highest BCUT2D eigenvalue weighted by Gasteiger charge is 2.14. The summed E-state index contributed by atoms with van der Waals surface area (Å²) in [7, 11) is 0. The minimum Gasteiger partial charge on any atom is -0.426 e. The van der Waals surface area contributed by atoms with Gasteiger partial charge in [-0.15, -0.1) is 6.58 Å². The molecule has 2 aromatic carbocycles. The van der Waals surface area contributed by atoms with Gasteiger partial charge in [0.2, 0.25) is 0 Å². The van der Waals surface area contributed by atoms with Crippen molar-refractivity contribution in [3.8, 4) is 22.6 Å². The second kappa shape index (κ2) is 8.01. The highest BCUT2D eigenvalue weighted by molar-refractivity contribution is 5.83. The molecule has 0 unspecified atom stereocenters. The van der Waals surface area contributed by atoms with E-state index >= 15 is 0 Å². The van der Waals surface area contributed by atoms with E-state index in [-0.39, 0.29) is 29.0 Å². The van der Waals surface area contributed by atoms with Gasteiger partial charge in [-0.25, -0.2) is 13.6 Å². The van der Waals surface area contributed by atoms with Crippen molar-refractivity contribution < 1.29 is 27.8 Å². The van der Waals surface area contributed by atoms with Gasteiger partial charge in [-0.05, 0) is 24.3 Å². The Hall–Kier alpha value is -3.28. The molecule has 0 fully saturated rings. The standard InChI is InChI=1S/C19H14F2O4/c1-3-5-19(23)25-13-7-9-15(17(21)11-13)14-8-6-12(10-16(14)20)24-18(22)4-2/h3-4,6-11H,1-2,5H2. The van der Waals surface area contributed by atoms with Gasteiger partial charge in [0.1, 0.15) is 23.1 Å². The van der Waals surface area contributed by atoms with Gasteiger partial charge >= 0.3 is 11.9 Å². The molecule has 0 amide bonds. The van der Waals surface area contributed by atoms with Crippen LogP contribution < -0.4 is 9.47 Å². The van der Waals surface area contributed by atoms with Crippen LogP contribution in [0, 0.1) is 11.6 Å². The zero-order valence-electron chi connectivity index (χ0n) is 13.1. The van der Waals surface area contributed by atoms with E-state index in [1.54, 1.807) is 0 Å². The Bertz CT molecular complexity index is 843. The smallest absolute Gasteiger partial charge is 0.335 e. The summed E-state index contributed by atoms with van der Waals surface area (Å²) < 4.78 is 38.2. The minimum absolute atomic E-state index is 0.00467. The van der Waals surface area contributed by atoms with E-state index in [4.69, 9.17) is 9.47 Å². The topological polar surface area (TPSA) is 52.6 Å². The van der Waals surface area contributed by atoms with Crippen molar-refractivity contribution >= 4 is 11.9 Å². The first-order chi connectivity index (χ1) is 11.9. The SMILES string of the molecule is C=CCC(=O)Oc1ccc(-c2ccc(OC(=O)C=C)cc2F)c(F)c1. The molecule has 128 valence electrons. The molecule has 0 spiro atoms. The lowest BCUT2D eigenvalue weighted by molar-refractivity contribution is -0.133. The molecule has 0 radical (unpaired) electrons. The van der Waals surface area contributed by atoms with Crippen LogP contribution in [0.15, 0.2) is 61.7 Å². The lowest BCUT2D eigenvalue weighted by Crippen LogP contribution is -2.06. The Morgan fingerprint density at radius 2 is 1.44 bits per heavy atom. The van der Waals surface area contributed by atoms with E-state index in [2.05, 4.69) is 13.2 Å². The molecule has 2 aromatic rings. The van der Waals surface area contributed by atoms with Crippen molar-refractivity contribution in [3.05, 3.63) is 73.3 Å². The molecule has 2 rings (SSSR count). The van der Waals surface area contributed by atoms with Gasteiger partial charge in [-0.3, -0.25) is 4.79 Å². The largest absolute Gasteiger partial charge is 0.426 e. The fraction of sp³-hybridized carbons (Fsp3) is 0.0526. The summed E-state index contributed by atoms with van der Waals surface area (Å²) in [6.45, 7) is 6.64. The highest BCUT2D eigenvalue weighted by Crippen LogP contribution is 2.30. The lowest BCUT2D eigenvalue weighted by atomic mass is 10.0. The molecular formula is C19H14F2O4. The zero-order chi connectivity index (χ0) is 18.4. The Labute approximate surface area is 143 Å². The van der Waals surface area contributed by atoms with Gasteiger partial charge in [0.25, 0.3) is 0 Å². The molecule has 0 N–H and O–H groups in total. The zero-order valence-corrected chi connectivity index (χ0v) is 13.1. The quantitative estimate of drug-likeness (QED) is 0.341. The molecule has 0 aliphatic heterocycles. The fourth-order valence-corrected chi connectivity index (χ4v) is 2.00. The molecule has 6 heteroatoms. The van der Waals surface area contributed by atoms with Gasteiger partial charge in [0.05, 0.1) is 6.42 Å². The summed E-state index contributed by atoms with van der Waals surface area (Å²) >= 11 is 0. The van der Waals surface area contributed by atoms with E-state index in [0.717, 1.165) is 18.2 Å². The highest BCUT2D eigenvalue weighted by atomic mass is 19.1. The summed E-state index contributed by atoms with van der Waals surface area (Å²) in [6.07, 6.45) is 2.30. The second-order valence-electron chi connectivity index (χ2n) is 4.88. The molecule has 0 atom stereocenters. The molecule has 0 aliphatic rings. The first-order valence-corrected chi connectivity index (χ1v) is 7.20. The minimum atomic E-state index is -0.773.